The molecular formula is C64H50F4N8O15. The van der Waals surface area contributed by atoms with Gasteiger partial charge >= 0.3 is 11.4 Å². The summed E-state index contributed by atoms with van der Waals surface area (Å²) in [4.78, 5) is 87.9. The van der Waals surface area contributed by atoms with E-state index in [-0.39, 0.29) is 85.1 Å². The van der Waals surface area contributed by atoms with Crippen molar-refractivity contribution in [1.29, 1.82) is 0 Å². The minimum Gasteiger partial charge on any atom is -0.493 e. The van der Waals surface area contributed by atoms with Crippen LogP contribution in [-0.4, -0.2) is 92.4 Å². The van der Waals surface area contributed by atoms with Crippen molar-refractivity contribution in [2.24, 2.45) is 0 Å². The van der Waals surface area contributed by atoms with Crippen LogP contribution in [-0.2, 0) is 13.1 Å². The number of aryl methyl sites for hydroxylation is 1. The van der Waals surface area contributed by atoms with Crippen molar-refractivity contribution >= 4 is 45.0 Å². The van der Waals surface area contributed by atoms with E-state index in [1.54, 1.807) is 24.3 Å². The number of rotatable bonds is 17. The van der Waals surface area contributed by atoms with Gasteiger partial charge in [0.25, 0.3) is 22.9 Å². The second-order valence-corrected chi connectivity index (χ2v) is 19.8. The highest BCUT2D eigenvalue weighted by Gasteiger charge is 2.28. The summed E-state index contributed by atoms with van der Waals surface area (Å²) in [5.74, 6) is -2.20. The van der Waals surface area contributed by atoms with Crippen molar-refractivity contribution < 1.29 is 70.2 Å². The number of hydrogen-bond acceptors (Lipinski definition) is 17. The lowest BCUT2D eigenvalue weighted by atomic mass is 10.1. The van der Waals surface area contributed by atoms with Crippen molar-refractivity contribution in [2.75, 3.05) is 57.9 Å². The number of carbonyl (C=O) groups excluding carboxylic acids is 2. The number of aliphatic hydroxyl groups is 1. The quantitative estimate of drug-likeness (QED) is 0.0567. The number of methoxy groups -OCH3 is 2. The van der Waals surface area contributed by atoms with Crippen LogP contribution in [0, 0.1) is 23.3 Å². The number of nitrogens with zero attached hydrogens (tertiary/aromatic N) is 6. The molecule has 23 nitrogen and oxygen atoms in total. The van der Waals surface area contributed by atoms with Gasteiger partial charge in [-0.25, -0.2) is 36.3 Å². The maximum absolute atomic E-state index is 15.4. The first kappa shape index (κ1) is 60.9. The number of ether oxygens (including phenoxy) is 8. The van der Waals surface area contributed by atoms with Crippen LogP contribution in [0.15, 0.2) is 166 Å². The molecule has 3 N–H and O–H groups in total. The topological polar surface area (TPSA) is 266 Å². The molecule has 0 bridgehead atoms. The summed E-state index contributed by atoms with van der Waals surface area (Å²) in [5, 5.41) is 15.1. The fraction of sp³-hybridized carbons (Fsp3) is 0.156. The van der Waals surface area contributed by atoms with Gasteiger partial charge in [0, 0.05) is 80.1 Å². The number of nitrogens with one attached hydrogen (secondary N) is 2. The molecule has 0 unspecified atom stereocenters. The van der Waals surface area contributed by atoms with Crippen LogP contribution >= 0.6 is 0 Å². The summed E-state index contributed by atoms with van der Waals surface area (Å²) in [6.45, 7) is 4.53. The van der Waals surface area contributed by atoms with E-state index in [0.717, 1.165) is 67.1 Å². The number of anilines is 2. The van der Waals surface area contributed by atoms with E-state index in [1.165, 1.54) is 81.2 Å². The third-order valence-electron chi connectivity index (χ3n) is 14.0. The molecule has 0 saturated carbocycles. The molecule has 10 aromatic rings. The van der Waals surface area contributed by atoms with Gasteiger partial charge in [-0.15, -0.1) is 6.58 Å². The molecule has 0 aliphatic carbocycles. The number of allylic oxidation sites excluding steroid dienone is 1. The number of amides is 2. The van der Waals surface area contributed by atoms with E-state index in [9.17, 15) is 42.7 Å². The number of aliphatic hydroxyl groups excluding tert-OH is 1. The Kier molecular flexibility index (Phi) is 17.6. The van der Waals surface area contributed by atoms with Gasteiger partial charge in [-0.2, -0.15) is 0 Å². The normalized spacial score (nSPS) is 12.1. The number of fused-ring (bicyclic) bond motifs is 6. The highest BCUT2D eigenvalue weighted by Crippen LogP contribution is 2.50. The highest BCUT2D eigenvalue weighted by atomic mass is 19.1. The van der Waals surface area contributed by atoms with E-state index in [2.05, 4.69) is 27.2 Å². The first-order chi connectivity index (χ1) is 44.1. The van der Waals surface area contributed by atoms with E-state index in [1.807, 2.05) is 0 Å². The summed E-state index contributed by atoms with van der Waals surface area (Å²) in [6.07, 6.45) is 6.71. The van der Waals surface area contributed by atoms with Crippen LogP contribution < -0.4 is 71.0 Å². The van der Waals surface area contributed by atoms with Crippen LogP contribution in [0.25, 0.3) is 33.2 Å². The largest absolute Gasteiger partial charge is 0.493 e. The van der Waals surface area contributed by atoms with Gasteiger partial charge in [0.05, 0.1) is 47.4 Å². The van der Waals surface area contributed by atoms with Crippen LogP contribution in [0.4, 0.5) is 28.9 Å². The zero-order valence-electron chi connectivity index (χ0n) is 48.0. The average molecular weight is 1250 g/mol. The van der Waals surface area contributed by atoms with Crippen molar-refractivity contribution in [1.82, 2.24) is 28.2 Å². The zero-order chi connectivity index (χ0) is 64.0. The lowest BCUT2D eigenvalue weighted by Crippen LogP contribution is -2.42. The molecule has 0 fully saturated rings. The number of benzene rings is 6. The second-order valence-electron chi connectivity index (χ2n) is 19.8. The molecular weight excluding hydrogens is 1200 g/mol. The van der Waals surface area contributed by atoms with Crippen LogP contribution in [0.3, 0.4) is 0 Å². The number of pyridine rings is 2. The van der Waals surface area contributed by atoms with Gasteiger partial charge in [0.1, 0.15) is 60.7 Å². The van der Waals surface area contributed by atoms with Gasteiger partial charge in [-0.1, -0.05) is 6.08 Å². The molecule has 464 valence electrons. The third-order valence-corrected chi connectivity index (χ3v) is 14.0. The van der Waals surface area contributed by atoms with Gasteiger partial charge in [0.2, 0.25) is 11.5 Å². The number of halogens is 4. The Morgan fingerprint density at radius 2 is 0.978 bits per heavy atom. The number of hydrogen-bond donors (Lipinski definition) is 3. The van der Waals surface area contributed by atoms with Crippen molar-refractivity contribution in [2.45, 2.75) is 19.5 Å². The van der Waals surface area contributed by atoms with Crippen molar-refractivity contribution in [3.05, 3.63) is 223 Å². The molecule has 27 heteroatoms. The molecule has 0 saturated heterocycles. The van der Waals surface area contributed by atoms with Gasteiger partial charge in [-0.3, -0.25) is 38.3 Å². The first-order valence-electron chi connectivity index (χ1n) is 27.6. The Hall–Kier alpha value is -11.7. The maximum Gasteiger partial charge on any atom is 0.335 e. The fourth-order valence-corrected chi connectivity index (χ4v) is 9.80. The average Bonchev–Trinajstić information content (AvgIpc) is 1.10. The first-order valence-corrected chi connectivity index (χ1v) is 27.6. The molecule has 2 aliphatic rings. The lowest BCUT2D eigenvalue weighted by molar-refractivity contribution is 0.101. The highest BCUT2D eigenvalue weighted by molar-refractivity contribution is 6.05. The predicted octanol–water partition coefficient (Wildman–Crippen LogP) is 8.87. The van der Waals surface area contributed by atoms with E-state index in [0.29, 0.717) is 69.5 Å². The molecule has 6 heterocycles. The summed E-state index contributed by atoms with van der Waals surface area (Å²) in [7, 11) is 2.99. The summed E-state index contributed by atoms with van der Waals surface area (Å²) in [5.41, 5.74) is -3.25. The Labute approximate surface area is 510 Å². The molecule has 6 aromatic carbocycles. The van der Waals surface area contributed by atoms with Gasteiger partial charge in [0.15, 0.2) is 46.1 Å². The standard InChI is InChI=1S/C32H26F2N4O8.C32H24F2N4O7/c1-43-26-16-23-27(29-28(26)44-13-14-45-29)25(9-10-35-23)46-24-8-5-19(15-22(24)34)36-30(40)21-17-37(11-2-12-39)32(42)38(31(21)41)20-6-3-18(33)4-7-20;1-3-12-37-17-21(31(40)38(32(37)41)20-7-4-18(33)5-8-20)30(39)36-19-6-9-24(22(34)15-19)45-25-10-11-35-23-16-26(42-2)28-29(27(23)25)44-14-13-43-28/h3-10,15-17,39H,2,11-14H2,1H3,(H,36,40);3-11,15-17H,1,12-14H2,2H3,(H,36,39). The number of carbonyl (C=O) groups is 2. The van der Waals surface area contributed by atoms with Gasteiger partial charge in [-0.05, 0) is 91.3 Å². The molecule has 0 atom stereocenters. The summed E-state index contributed by atoms with van der Waals surface area (Å²) >= 11 is 0. The zero-order valence-corrected chi connectivity index (χ0v) is 48.0. The molecule has 2 amide bonds. The van der Waals surface area contributed by atoms with E-state index >= 15 is 8.78 Å². The molecule has 2 aliphatic heterocycles. The Morgan fingerprint density at radius 3 is 1.38 bits per heavy atom. The predicted molar refractivity (Wildman–Crippen MR) is 322 cm³/mol. The van der Waals surface area contributed by atoms with E-state index in [4.69, 9.17) is 37.9 Å². The van der Waals surface area contributed by atoms with Crippen LogP contribution in [0.2, 0.25) is 0 Å². The Bertz CT molecular complexity index is 4770. The molecule has 0 spiro atoms. The molecule has 4 aromatic heterocycles. The summed E-state index contributed by atoms with van der Waals surface area (Å²) < 4.78 is 107. The van der Waals surface area contributed by atoms with E-state index < -0.39 is 68.7 Å². The maximum atomic E-state index is 15.4. The second kappa shape index (κ2) is 26.3. The van der Waals surface area contributed by atoms with Crippen LogP contribution in [0.1, 0.15) is 27.1 Å². The van der Waals surface area contributed by atoms with Crippen LogP contribution in [0.5, 0.6) is 57.5 Å². The Morgan fingerprint density at radius 1 is 0.560 bits per heavy atom. The lowest BCUT2D eigenvalue weighted by Gasteiger charge is -2.23. The minimum atomic E-state index is -0.967. The molecule has 12 rings (SSSR count). The fourth-order valence-electron chi connectivity index (χ4n) is 9.80. The SMILES string of the molecule is C=CCn1cc(C(=O)Nc2ccc(Oc3ccnc4cc(OC)c5c(c34)OCCO5)c(F)c2)c(=O)n(-c2ccc(F)cc2)c1=O.COc1cc2nccc(Oc3ccc(NC(=O)c4cn(CCCO)c(=O)n(-c5ccc(F)cc5)c4=O)cc3F)c2c2c1OCCO2. The van der Waals surface area contributed by atoms with Crippen molar-refractivity contribution in [3.63, 3.8) is 0 Å². The molecule has 91 heavy (non-hydrogen) atoms. The third kappa shape index (κ3) is 12.4. The van der Waals surface area contributed by atoms with Crippen molar-refractivity contribution in [3.8, 4) is 68.9 Å². The Balaban J connectivity index is 0.000000187. The minimum absolute atomic E-state index is 0.00536. The number of aromatic nitrogens is 6. The molecule has 0 radical (unpaired) electrons. The smallest absolute Gasteiger partial charge is 0.335 e. The summed E-state index contributed by atoms with van der Waals surface area (Å²) in [6, 6.07) is 23.0. The van der Waals surface area contributed by atoms with Gasteiger partial charge < -0.3 is 53.6 Å². The monoisotopic (exact) mass is 1250 g/mol.